The van der Waals surface area contributed by atoms with E-state index in [2.05, 4.69) is 29.8 Å². The van der Waals surface area contributed by atoms with E-state index in [9.17, 15) is 9.59 Å². The van der Waals surface area contributed by atoms with Gasteiger partial charge in [-0.15, -0.1) is 0 Å². The Labute approximate surface area is 191 Å². The Kier molecular flexibility index (Phi) is 8.96. The predicted molar refractivity (Wildman–Crippen MR) is 129 cm³/mol. The minimum absolute atomic E-state index is 0.0562. The van der Waals surface area contributed by atoms with Gasteiger partial charge in [-0.3, -0.25) is 9.59 Å². The van der Waals surface area contributed by atoms with Crippen LogP contribution in [0.15, 0.2) is 48.5 Å². The summed E-state index contributed by atoms with van der Waals surface area (Å²) in [4.78, 5) is 24.9. The number of hydrogen-bond donors (Lipinski definition) is 3. The summed E-state index contributed by atoms with van der Waals surface area (Å²) in [5.74, 6) is 1.11. The Morgan fingerprint density at radius 1 is 1.00 bits per heavy atom. The summed E-state index contributed by atoms with van der Waals surface area (Å²) in [5.41, 5.74) is 2.04. The van der Waals surface area contributed by atoms with Crippen molar-refractivity contribution in [1.82, 2.24) is 5.32 Å². The minimum Gasteiger partial charge on any atom is -0.494 e. The first-order chi connectivity index (χ1) is 15.5. The minimum atomic E-state index is -0.165. The quantitative estimate of drug-likeness (QED) is 0.476. The van der Waals surface area contributed by atoms with Crippen LogP contribution >= 0.6 is 0 Å². The van der Waals surface area contributed by atoms with Gasteiger partial charge in [-0.25, -0.2) is 0 Å². The van der Waals surface area contributed by atoms with Gasteiger partial charge in [0.25, 0.3) is 5.91 Å². The van der Waals surface area contributed by atoms with Crippen LogP contribution in [0.4, 0.5) is 11.4 Å². The number of benzene rings is 2. The first kappa shape index (κ1) is 23.6. The molecule has 2 amide bonds. The molecule has 2 aromatic rings. The van der Waals surface area contributed by atoms with Crippen molar-refractivity contribution in [2.24, 2.45) is 5.92 Å². The number of amides is 2. The lowest BCUT2D eigenvalue weighted by Crippen LogP contribution is -2.36. The van der Waals surface area contributed by atoms with E-state index in [1.54, 1.807) is 12.1 Å². The maximum absolute atomic E-state index is 12.6. The molecule has 32 heavy (non-hydrogen) atoms. The largest absolute Gasteiger partial charge is 0.494 e. The molecule has 2 aromatic carbocycles. The number of ether oxygens (including phenoxy) is 1. The van der Waals surface area contributed by atoms with E-state index in [-0.39, 0.29) is 24.4 Å². The van der Waals surface area contributed by atoms with E-state index >= 15 is 0 Å². The van der Waals surface area contributed by atoms with Crippen LogP contribution in [-0.2, 0) is 4.79 Å². The highest BCUT2D eigenvalue weighted by atomic mass is 16.5. The summed E-state index contributed by atoms with van der Waals surface area (Å²) >= 11 is 0. The van der Waals surface area contributed by atoms with Crippen molar-refractivity contribution in [3.05, 3.63) is 54.1 Å². The first-order valence-electron chi connectivity index (χ1n) is 11.7. The van der Waals surface area contributed by atoms with Gasteiger partial charge < -0.3 is 20.7 Å². The fourth-order valence-electron chi connectivity index (χ4n) is 3.75. The smallest absolute Gasteiger partial charge is 0.251 e. The van der Waals surface area contributed by atoms with Crippen LogP contribution in [-0.4, -0.2) is 31.0 Å². The number of carbonyl (C=O) groups excluding carboxylic acids is 2. The third-order valence-electron chi connectivity index (χ3n) is 5.60. The molecule has 0 saturated heterocycles. The van der Waals surface area contributed by atoms with Gasteiger partial charge in [0.1, 0.15) is 5.75 Å². The van der Waals surface area contributed by atoms with Crippen LogP contribution in [0.25, 0.3) is 0 Å². The highest BCUT2D eigenvalue weighted by Gasteiger charge is 2.16. The van der Waals surface area contributed by atoms with Crippen molar-refractivity contribution < 1.29 is 14.3 Å². The van der Waals surface area contributed by atoms with Gasteiger partial charge in [0.2, 0.25) is 5.91 Å². The van der Waals surface area contributed by atoms with Gasteiger partial charge in [-0.2, -0.15) is 0 Å². The maximum atomic E-state index is 12.6. The lowest BCUT2D eigenvalue weighted by atomic mass is 9.95. The third kappa shape index (κ3) is 7.91. The fraction of sp³-hybridized carbons (Fsp3) is 0.462. The van der Waals surface area contributed by atoms with E-state index in [1.165, 1.54) is 19.3 Å². The Morgan fingerprint density at radius 2 is 1.75 bits per heavy atom. The Balaban J connectivity index is 1.47. The summed E-state index contributed by atoms with van der Waals surface area (Å²) in [6.45, 7) is 5.07. The zero-order chi connectivity index (χ0) is 22.8. The van der Waals surface area contributed by atoms with Gasteiger partial charge in [-0.05, 0) is 55.5 Å². The second-order valence-electron chi connectivity index (χ2n) is 8.85. The normalized spacial score (nSPS) is 14.1. The zero-order valence-corrected chi connectivity index (χ0v) is 19.2. The van der Waals surface area contributed by atoms with Crippen molar-refractivity contribution in [3.63, 3.8) is 0 Å². The molecule has 0 atom stereocenters. The average molecular weight is 438 g/mol. The van der Waals surface area contributed by atoms with Crippen LogP contribution in [0.1, 0.15) is 62.7 Å². The van der Waals surface area contributed by atoms with Crippen LogP contribution in [0.3, 0.4) is 0 Å². The molecule has 0 unspecified atom stereocenters. The molecule has 0 spiro atoms. The summed E-state index contributed by atoms with van der Waals surface area (Å²) in [7, 11) is 0. The van der Waals surface area contributed by atoms with Crippen molar-refractivity contribution in [3.8, 4) is 5.75 Å². The maximum Gasteiger partial charge on any atom is 0.251 e. The number of rotatable bonds is 10. The Hall–Kier alpha value is -3.02. The average Bonchev–Trinajstić information content (AvgIpc) is 2.79. The van der Waals surface area contributed by atoms with Crippen LogP contribution in [0.5, 0.6) is 5.75 Å². The summed E-state index contributed by atoms with van der Waals surface area (Å²) < 4.78 is 5.75. The highest BCUT2D eigenvalue weighted by Crippen LogP contribution is 2.19. The molecule has 1 aliphatic rings. The molecular formula is C26H35N3O3. The molecule has 1 fully saturated rings. The van der Waals surface area contributed by atoms with Crippen molar-refractivity contribution >= 4 is 23.2 Å². The molecule has 0 aliphatic heterocycles. The van der Waals surface area contributed by atoms with Crippen LogP contribution in [0, 0.1) is 5.92 Å². The van der Waals surface area contributed by atoms with E-state index < -0.39 is 0 Å². The molecule has 0 radical (unpaired) electrons. The number of anilines is 2. The van der Waals surface area contributed by atoms with Crippen molar-refractivity contribution in [2.45, 2.75) is 58.4 Å². The molecule has 6 heteroatoms. The topological polar surface area (TPSA) is 79.5 Å². The lowest BCUT2D eigenvalue weighted by molar-refractivity contribution is -0.114. The van der Waals surface area contributed by atoms with Crippen LogP contribution in [0.2, 0.25) is 0 Å². The molecule has 3 rings (SSSR count). The van der Waals surface area contributed by atoms with Crippen molar-refractivity contribution in [2.75, 3.05) is 23.8 Å². The molecule has 0 bridgehead atoms. The van der Waals surface area contributed by atoms with Crippen LogP contribution < -0.4 is 20.7 Å². The molecule has 0 aromatic heterocycles. The van der Waals surface area contributed by atoms with Gasteiger partial charge >= 0.3 is 0 Å². The van der Waals surface area contributed by atoms with E-state index in [0.29, 0.717) is 23.8 Å². The summed E-state index contributed by atoms with van der Waals surface area (Å²) in [5, 5.41) is 9.11. The summed E-state index contributed by atoms with van der Waals surface area (Å²) in [6, 6.07) is 15.0. The summed E-state index contributed by atoms with van der Waals surface area (Å²) in [6.07, 6.45) is 6.69. The molecule has 172 valence electrons. The fourth-order valence-corrected chi connectivity index (χ4v) is 3.75. The molecule has 0 heterocycles. The molecule has 3 N–H and O–H groups in total. The Morgan fingerprint density at radius 3 is 2.53 bits per heavy atom. The van der Waals surface area contributed by atoms with Gasteiger partial charge in [0.15, 0.2) is 0 Å². The molecular weight excluding hydrogens is 402 g/mol. The van der Waals surface area contributed by atoms with E-state index in [1.807, 2.05) is 36.4 Å². The SMILES string of the molecule is CC(C)CCOc1cccc(NC(=O)CNc2cccc(C(=O)NC3CCCCC3)c2)c1. The van der Waals surface area contributed by atoms with Crippen molar-refractivity contribution in [1.29, 1.82) is 0 Å². The Bertz CT molecular complexity index is 891. The van der Waals surface area contributed by atoms with Gasteiger partial charge in [-0.1, -0.05) is 45.2 Å². The standard InChI is InChI=1S/C26H35N3O3/c1-19(2)14-15-32-24-13-7-12-23(17-24)28-25(30)18-27-22-11-6-8-20(16-22)26(31)29-21-9-4-3-5-10-21/h6-8,11-13,16-17,19,21,27H,3-5,9-10,14-15,18H2,1-2H3,(H,28,30)(H,29,31). The van der Waals surface area contributed by atoms with E-state index in [4.69, 9.17) is 4.74 Å². The molecule has 1 aliphatic carbocycles. The van der Waals surface area contributed by atoms with Gasteiger partial charge in [0, 0.05) is 29.0 Å². The zero-order valence-electron chi connectivity index (χ0n) is 19.2. The second-order valence-corrected chi connectivity index (χ2v) is 8.85. The molecule has 1 saturated carbocycles. The monoisotopic (exact) mass is 437 g/mol. The lowest BCUT2D eigenvalue weighted by Gasteiger charge is -2.22. The number of nitrogens with one attached hydrogen (secondary N) is 3. The predicted octanol–water partition coefficient (Wildman–Crippen LogP) is 5.22. The first-order valence-corrected chi connectivity index (χ1v) is 11.7. The third-order valence-corrected chi connectivity index (χ3v) is 5.60. The number of hydrogen-bond acceptors (Lipinski definition) is 4. The van der Waals surface area contributed by atoms with E-state index in [0.717, 1.165) is 30.7 Å². The molecule has 6 nitrogen and oxygen atoms in total. The highest BCUT2D eigenvalue weighted by molar-refractivity contribution is 5.96. The number of carbonyl (C=O) groups is 2. The van der Waals surface area contributed by atoms with Gasteiger partial charge in [0.05, 0.1) is 13.2 Å². The second kappa shape index (κ2) is 12.1.